The topological polar surface area (TPSA) is 45.9 Å². The molecular weight excluding hydrogens is 232 g/mol. The molecule has 0 unspecified atom stereocenters. The Morgan fingerprint density at radius 1 is 1.18 bits per heavy atom. The lowest BCUT2D eigenvalue weighted by Crippen LogP contribution is -1.89. The van der Waals surface area contributed by atoms with Crippen LogP contribution in [0.25, 0.3) is 0 Å². The molecule has 0 radical (unpaired) electrons. The Bertz CT molecular complexity index is 546. The van der Waals surface area contributed by atoms with Gasteiger partial charge in [0.05, 0.1) is 0 Å². The van der Waals surface area contributed by atoms with Crippen molar-refractivity contribution in [2.45, 2.75) is 4.90 Å². The molecule has 84 valence electrons. The molecule has 0 aliphatic rings. The summed E-state index contributed by atoms with van der Waals surface area (Å²) in [4.78, 5) is 5.22. The van der Waals surface area contributed by atoms with Gasteiger partial charge in [0.2, 0.25) is 5.88 Å². The van der Waals surface area contributed by atoms with Gasteiger partial charge in [0.15, 0.2) is 0 Å². The summed E-state index contributed by atoms with van der Waals surface area (Å²) in [5.41, 5.74) is 0.350. The fraction of sp³-hybridized carbons (Fsp3) is 0.0769. The van der Waals surface area contributed by atoms with Gasteiger partial charge in [0, 0.05) is 11.0 Å². The van der Waals surface area contributed by atoms with Gasteiger partial charge in [-0.2, -0.15) is 5.26 Å². The van der Waals surface area contributed by atoms with E-state index in [9.17, 15) is 0 Å². The van der Waals surface area contributed by atoms with Crippen molar-refractivity contribution in [2.24, 2.45) is 0 Å². The molecule has 1 aromatic heterocycles. The van der Waals surface area contributed by atoms with E-state index in [1.54, 1.807) is 30.0 Å². The number of thioether (sulfide) groups is 1. The largest absolute Gasteiger partial charge is 0.439 e. The molecule has 0 spiro atoms. The lowest BCUT2D eigenvalue weighted by molar-refractivity contribution is 0.462. The standard InChI is InChI=1S/C13H10N2OS/c1-17-12-7-5-11(6-8-12)16-13-4-2-3-10(9-14)15-13/h2-8H,1H3. The van der Waals surface area contributed by atoms with Crippen LogP contribution in [0.5, 0.6) is 11.6 Å². The Labute approximate surface area is 104 Å². The molecule has 0 bridgehead atoms. The van der Waals surface area contributed by atoms with Crippen LogP contribution in [0.1, 0.15) is 5.69 Å². The lowest BCUT2D eigenvalue weighted by atomic mass is 10.3. The Morgan fingerprint density at radius 2 is 1.94 bits per heavy atom. The second kappa shape index (κ2) is 5.37. The van der Waals surface area contributed by atoms with Crippen molar-refractivity contribution in [3.05, 3.63) is 48.2 Å². The minimum Gasteiger partial charge on any atom is -0.439 e. The third-order valence-electron chi connectivity index (χ3n) is 2.12. The van der Waals surface area contributed by atoms with Crippen molar-refractivity contribution in [1.82, 2.24) is 4.98 Å². The Kier molecular flexibility index (Phi) is 3.63. The van der Waals surface area contributed by atoms with Crippen LogP contribution in [0.15, 0.2) is 47.4 Å². The maximum Gasteiger partial charge on any atom is 0.220 e. The molecular formula is C13H10N2OS. The highest BCUT2D eigenvalue weighted by molar-refractivity contribution is 7.98. The number of rotatable bonds is 3. The fourth-order valence-corrected chi connectivity index (χ4v) is 1.71. The SMILES string of the molecule is CSc1ccc(Oc2cccc(C#N)n2)cc1. The highest BCUT2D eigenvalue weighted by atomic mass is 32.2. The molecule has 0 aliphatic carbocycles. The lowest BCUT2D eigenvalue weighted by Gasteiger charge is -2.05. The maximum atomic E-state index is 8.73. The first kappa shape index (κ1) is 11.5. The fourth-order valence-electron chi connectivity index (χ4n) is 1.30. The molecule has 0 aliphatic heterocycles. The van der Waals surface area contributed by atoms with Gasteiger partial charge in [-0.1, -0.05) is 6.07 Å². The second-order valence-electron chi connectivity index (χ2n) is 3.25. The minimum absolute atomic E-state index is 0.350. The van der Waals surface area contributed by atoms with E-state index in [1.165, 1.54) is 4.90 Å². The zero-order valence-corrected chi connectivity index (χ0v) is 10.1. The van der Waals surface area contributed by atoms with Crippen molar-refractivity contribution >= 4 is 11.8 Å². The molecule has 4 heteroatoms. The average molecular weight is 242 g/mol. The van der Waals surface area contributed by atoms with Crippen LogP contribution in [0, 0.1) is 11.3 Å². The van der Waals surface area contributed by atoms with E-state index in [0.29, 0.717) is 17.3 Å². The maximum absolute atomic E-state index is 8.73. The van der Waals surface area contributed by atoms with Gasteiger partial charge >= 0.3 is 0 Å². The van der Waals surface area contributed by atoms with Crippen molar-refractivity contribution in [1.29, 1.82) is 5.26 Å². The molecule has 0 N–H and O–H groups in total. The smallest absolute Gasteiger partial charge is 0.220 e. The molecule has 0 fully saturated rings. The van der Waals surface area contributed by atoms with Gasteiger partial charge in [0.1, 0.15) is 17.5 Å². The number of pyridine rings is 1. The molecule has 1 aromatic carbocycles. The zero-order valence-electron chi connectivity index (χ0n) is 9.25. The predicted molar refractivity (Wildman–Crippen MR) is 67.2 cm³/mol. The minimum atomic E-state index is 0.350. The average Bonchev–Trinajstić information content (AvgIpc) is 2.40. The van der Waals surface area contributed by atoms with Crippen LogP contribution < -0.4 is 4.74 Å². The van der Waals surface area contributed by atoms with Crippen LogP contribution in [-0.2, 0) is 0 Å². The quantitative estimate of drug-likeness (QED) is 0.773. The summed E-state index contributed by atoms with van der Waals surface area (Å²) < 4.78 is 5.55. The van der Waals surface area contributed by atoms with E-state index in [4.69, 9.17) is 10.00 Å². The normalized spacial score (nSPS) is 9.65. The van der Waals surface area contributed by atoms with Crippen LogP contribution in [0.2, 0.25) is 0 Å². The van der Waals surface area contributed by atoms with Gasteiger partial charge in [-0.05, 0) is 36.6 Å². The number of nitrogens with zero attached hydrogens (tertiary/aromatic N) is 2. The third-order valence-corrected chi connectivity index (χ3v) is 2.86. The van der Waals surface area contributed by atoms with Gasteiger partial charge in [-0.3, -0.25) is 0 Å². The van der Waals surface area contributed by atoms with Gasteiger partial charge in [-0.25, -0.2) is 4.98 Å². The summed E-state index contributed by atoms with van der Waals surface area (Å²) in [6, 6.07) is 14.8. The molecule has 2 rings (SSSR count). The molecule has 3 nitrogen and oxygen atoms in total. The monoisotopic (exact) mass is 242 g/mol. The van der Waals surface area contributed by atoms with E-state index in [1.807, 2.05) is 36.6 Å². The Balaban J connectivity index is 2.16. The summed E-state index contributed by atoms with van der Waals surface area (Å²) in [6.45, 7) is 0. The molecule has 0 saturated heterocycles. The molecule has 2 aromatic rings. The highest BCUT2D eigenvalue weighted by Crippen LogP contribution is 2.23. The number of benzene rings is 1. The summed E-state index contributed by atoms with van der Waals surface area (Å²) in [5.74, 6) is 1.14. The summed E-state index contributed by atoms with van der Waals surface area (Å²) in [5, 5.41) is 8.73. The van der Waals surface area contributed by atoms with Crippen LogP contribution in [0.4, 0.5) is 0 Å². The van der Waals surface area contributed by atoms with Crippen molar-refractivity contribution in [2.75, 3.05) is 6.26 Å². The van der Waals surface area contributed by atoms with E-state index < -0.39 is 0 Å². The van der Waals surface area contributed by atoms with Crippen molar-refractivity contribution < 1.29 is 4.74 Å². The molecule has 0 saturated carbocycles. The number of hydrogen-bond donors (Lipinski definition) is 0. The zero-order chi connectivity index (χ0) is 12.1. The number of nitriles is 1. The summed E-state index contributed by atoms with van der Waals surface area (Å²) >= 11 is 1.68. The van der Waals surface area contributed by atoms with Gasteiger partial charge < -0.3 is 4.74 Å². The number of hydrogen-bond acceptors (Lipinski definition) is 4. The van der Waals surface area contributed by atoms with Crippen molar-refractivity contribution in [3.63, 3.8) is 0 Å². The molecule has 0 amide bonds. The van der Waals surface area contributed by atoms with Crippen molar-refractivity contribution in [3.8, 4) is 17.7 Å². The first-order chi connectivity index (χ1) is 8.31. The van der Waals surface area contributed by atoms with Crippen LogP contribution >= 0.6 is 11.8 Å². The van der Waals surface area contributed by atoms with Crippen LogP contribution in [-0.4, -0.2) is 11.2 Å². The Hall–Kier alpha value is -1.99. The summed E-state index contributed by atoms with van der Waals surface area (Å²) in [7, 11) is 0. The first-order valence-corrected chi connectivity index (χ1v) is 6.23. The molecule has 1 heterocycles. The second-order valence-corrected chi connectivity index (χ2v) is 4.13. The third kappa shape index (κ3) is 2.99. The molecule has 0 atom stereocenters. The predicted octanol–water partition coefficient (Wildman–Crippen LogP) is 3.47. The van der Waals surface area contributed by atoms with E-state index >= 15 is 0 Å². The van der Waals surface area contributed by atoms with Gasteiger partial charge in [0.25, 0.3) is 0 Å². The highest BCUT2D eigenvalue weighted by Gasteiger charge is 2.00. The van der Waals surface area contributed by atoms with E-state index in [-0.39, 0.29) is 0 Å². The number of ether oxygens (including phenoxy) is 1. The molecule has 17 heavy (non-hydrogen) atoms. The van der Waals surface area contributed by atoms with E-state index in [0.717, 1.165) is 0 Å². The Morgan fingerprint density at radius 3 is 2.59 bits per heavy atom. The first-order valence-electron chi connectivity index (χ1n) is 5.01. The van der Waals surface area contributed by atoms with E-state index in [2.05, 4.69) is 4.98 Å². The van der Waals surface area contributed by atoms with Gasteiger partial charge in [-0.15, -0.1) is 11.8 Å². The number of aromatic nitrogens is 1. The summed E-state index contributed by atoms with van der Waals surface area (Å²) in [6.07, 6.45) is 2.02. The van der Waals surface area contributed by atoms with Crippen LogP contribution in [0.3, 0.4) is 0 Å².